The molecule has 0 bridgehead atoms. The van der Waals surface area contributed by atoms with Gasteiger partial charge in [0.15, 0.2) is 0 Å². The van der Waals surface area contributed by atoms with E-state index in [2.05, 4.69) is 20.9 Å². The molecule has 0 spiro atoms. The van der Waals surface area contributed by atoms with Crippen LogP contribution >= 0.6 is 23.5 Å². The number of hydrogen-bond donors (Lipinski definition) is 6. The molecule has 1 heterocycles. The summed E-state index contributed by atoms with van der Waals surface area (Å²) < 4.78 is 0. The van der Waals surface area contributed by atoms with Crippen LogP contribution in [0.5, 0.6) is 0 Å². The molecule has 4 atom stereocenters. The van der Waals surface area contributed by atoms with Gasteiger partial charge in [-0.15, -0.1) is 0 Å². The third-order valence-electron chi connectivity index (χ3n) is 6.17. The van der Waals surface area contributed by atoms with E-state index in [-0.39, 0.29) is 12.3 Å². The van der Waals surface area contributed by atoms with Gasteiger partial charge in [0.25, 0.3) is 0 Å². The third-order valence-corrected chi connectivity index (χ3v) is 7.46. The van der Waals surface area contributed by atoms with Crippen molar-refractivity contribution in [2.24, 2.45) is 11.7 Å². The van der Waals surface area contributed by atoms with Crippen LogP contribution in [0.15, 0.2) is 30.5 Å². The van der Waals surface area contributed by atoms with Crippen LogP contribution in [0.25, 0.3) is 10.9 Å². The van der Waals surface area contributed by atoms with Crippen molar-refractivity contribution in [3.8, 4) is 0 Å². The van der Waals surface area contributed by atoms with Gasteiger partial charge in [-0.3, -0.25) is 14.4 Å². The first-order chi connectivity index (χ1) is 18.1. The first-order valence-corrected chi connectivity index (χ1v) is 15.3. The Morgan fingerprint density at radius 1 is 0.921 bits per heavy atom. The molecule has 0 radical (unpaired) electrons. The summed E-state index contributed by atoms with van der Waals surface area (Å²) in [5.74, 6) is -1.84. The van der Waals surface area contributed by atoms with E-state index in [9.17, 15) is 24.3 Å². The molecule has 38 heavy (non-hydrogen) atoms. The fraction of sp³-hybridized carbons (Fsp3) is 0.538. The Morgan fingerprint density at radius 2 is 1.47 bits per heavy atom. The minimum absolute atomic E-state index is 0.289. The second kappa shape index (κ2) is 15.6. The molecular formula is C26H39N5O5S2. The molecule has 1 aromatic carbocycles. The van der Waals surface area contributed by atoms with Gasteiger partial charge in [-0.2, -0.15) is 23.5 Å². The average molecular weight is 566 g/mol. The number of thioether (sulfide) groups is 2. The summed E-state index contributed by atoms with van der Waals surface area (Å²) in [7, 11) is 0. The second-order valence-electron chi connectivity index (χ2n) is 9.42. The number of carbonyl (C=O) groups excluding carboxylic acids is 3. The number of nitrogens with two attached hydrogens (primary N) is 1. The number of amides is 3. The monoisotopic (exact) mass is 565 g/mol. The Hall–Kier alpha value is -2.70. The summed E-state index contributed by atoms with van der Waals surface area (Å²) in [5, 5.41) is 18.5. The first-order valence-electron chi connectivity index (χ1n) is 12.5. The number of carboxylic acid groups (broad SMARTS) is 1. The van der Waals surface area contributed by atoms with E-state index in [1.165, 1.54) is 23.5 Å². The highest BCUT2D eigenvalue weighted by Gasteiger charge is 2.31. The van der Waals surface area contributed by atoms with Crippen molar-refractivity contribution < 1.29 is 24.3 Å². The molecule has 12 heteroatoms. The minimum Gasteiger partial charge on any atom is -0.480 e. The van der Waals surface area contributed by atoms with Gasteiger partial charge in [0.2, 0.25) is 17.7 Å². The number of aromatic nitrogens is 1. The van der Waals surface area contributed by atoms with Gasteiger partial charge in [-0.05, 0) is 60.8 Å². The zero-order valence-electron chi connectivity index (χ0n) is 22.3. The molecule has 0 saturated carbocycles. The lowest BCUT2D eigenvalue weighted by Gasteiger charge is -2.26. The van der Waals surface area contributed by atoms with Gasteiger partial charge < -0.3 is 31.8 Å². The van der Waals surface area contributed by atoms with Gasteiger partial charge in [-0.25, -0.2) is 4.79 Å². The quantitative estimate of drug-likeness (QED) is 0.179. The number of H-pyrrole nitrogens is 1. The van der Waals surface area contributed by atoms with E-state index in [1.54, 1.807) is 13.8 Å². The number of carboxylic acids is 1. The lowest BCUT2D eigenvalue weighted by atomic mass is 10.0. The summed E-state index contributed by atoms with van der Waals surface area (Å²) in [6.45, 7) is 3.39. The maximum Gasteiger partial charge on any atom is 0.326 e. The SMILES string of the molecule is CSCCC(NC(=O)C(N)Cc1c[nH]c2ccccc12)C(=O)NC(CCSC)C(=O)NC(C(=O)O)C(C)C. The fourth-order valence-electron chi connectivity index (χ4n) is 3.96. The van der Waals surface area contributed by atoms with Crippen LogP contribution < -0.4 is 21.7 Å². The second-order valence-corrected chi connectivity index (χ2v) is 11.4. The number of carbonyl (C=O) groups is 4. The number of fused-ring (bicyclic) bond motifs is 1. The zero-order valence-corrected chi connectivity index (χ0v) is 23.9. The largest absolute Gasteiger partial charge is 0.480 e. The molecule has 4 unspecified atom stereocenters. The Bertz CT molecular complexity index is 1090. The van der Waals surface area contributed by atoms with Crippen molar-refractivity contribution >= 4 is 58.1 Å². The first kappa shape index (κ1) is 31.5. The molecule has 210 valence electrons. The molecule has 7 N–H and O–H groups in total. The maximum atomic E-state index is 13.2. The van der Waals surface area contributed by atoms with Crippen LogP contribution in [0, 0.1) is 5.92 Å². The van der Waals surface area contributed by atoms with Gasteiger partial charge in [-0.1, -0.05) is 32.0 Å². The molecule has 0 fully saturated rings. The number of benzene rings is 1. The van der Waals surface area contributed by atoms with E-state index < -0.39 is 47.9 Å². The number of nitrogens with one attached hydrogen (secondary N) is 4. The standard InChI is InChI=1S/C26H39N5O5S2/c1-15(2)22(26(35)36)31-25(34)21(10-12-38-4)30-24(33)20(9-11-37-3)29-23(32)18(27)13-16-14-28-19-8-6-5-7-17(16)19/h5-8,14-15,18,20-22,28H,9-13,27H2,1-4H3,(H,29,32)(H,30,33)(H,31,34)(H,35,36). The summed E-state index contributed by atoms with van der Waals surface area (Å²) in [5.41, 5.74) is 8.07. The smallest absolute Gasteiger partial charge is 0.326 e. The molecule has 0 saturated heterocycles. The lowest BCUT2D eigenvalue weighted by molar-refractivity contribution is -0.143. The zero-order chi connectivity index (χ0) is 28.2. The predicted octanol–water partition coefficient (Wildman–Crippen LogP) is 1.74. The highest BCUT2D eigenvalue weighted by molar-refractivity contribution is 7.98. The number of aliphatic carboxylic acids is 1. The van der Waals surface area contributed by atoms with Crippen LogP contribution in [-0.2, 0) is 25.6 Å². The van der Waals surface area contributed by atoms with Gasteiger partial charge in [0.05, 0.1) is 6.04 Å². The van der Waals surface area contributed by atoms with Crippen LogP contribution in [0.2, 0.25) is 0 Å². The topological polar surface area (TPSA) is 166 Å². The molecule has 10 nitrogen and oxygen atoms in total. The van der Waals surface area contributed by atoms with E-state index in [1.807, 2.05) is 43.0 Å². The summed E-state index contributed by atoms with van der Waals surface area (Å²) in [4.78, 5) is 53.9. The number of aromatic amines is 1. The molecule has 0 aliphatic rings. The van der Waals surface area contributed by atoms with E-state index in [4.69, 9.17) is 5.73 Å². The summed E-state index contributed by atoms with van der Waals surface area (Å²) in [6.07, 6.45) is 6.54. The van der Waals surface area contributed by atoms with Crippen LogP contribution in [0.4, 0.5) is 0 Å². The number of para-hydroxylation sites is 1. The van der Waals surface area contributed by atoms with E-state index >= 15 is 0 Å². The van der Waals surface area contributed by atoms with Crippen molar-refractivity contribution in [1.82, 2.24) is 20.9 Å². The number of hydrogen-bond acceptors (Lipinski definition) is 7. The molecule has 0 aliphatic carbocycles. The summed E-state index contributed by atoms with van der Waals surface area (Å²) >= 11 is 3.03. The van der Waals surface area contributed by atoms with Crippen LogP contribution in [0.1, 0.15) is 32.3 Å². The van der Waals surface area contributed by atoms with Crippen molar-refractivity contribution in [3.05, 3.63) is 36.0 Å². The molecule has 2 rings (SSSR count). The van der Waals surface area contributed by atoms with Gasteiger partial charge in [0, 0.05) is 17.1 Å². The highest BCUT2D eigenvalue weighted by Crippen LogP contribution is 2.19. The highest BCUT2D eigenvalue weighted by atomic mass is 32.2. The Kier molecular flexibility index (Phi) is 13.0. The Balaban J connectivity index is 2.11. The Labute approximate surface area is 232 Å². The Morgan fingerprint density at radius 3 is 2.03 bits per heavy atom. The van der Waals surface area contributed by atoms with Crippen LogP contribution in [0.3, 0.4) is 0 Å². The summed E-state index contributed by atoms with van der Waals surface area (Å²) in [6, 6.07) is 3.94. The molecule has 0 aliphatic heterocycles. The maximum absolute atomic E-state index is 13.2. The predicted molar refractivity (Wildman–Crippen MR) is 154 cm³/mol. The van der Waals surface area contributed by atoms with Crippen molar-refractivity contribution in [1.29, 1.82) is 0 Å². The van der Waals surface area contributed by atoms with Crippen molar-refractivity contribution in [3.63, 3.8) is 0 Å². The third kappa shape index (κ3) is 9.25. The van der Waals surface area contributed by atoms with Crippen molar-refractivity contribution in [2.75, 3.05) is 24.0 Å². The fourth-order valence-corrected chi connectivity index (χ4v) is 4.90. The molecule has 3 amide bonds. The van der Waals surface area contributed by atoms with E-state index in [0.717, 1.165) is 16.5 Å². The van der Waals surface area contributed by atoms with Crippen molar-refractivity contribution in [2.45, 2.75) is 57.3 Å². The number of rotatable bonds is 16. The van der Waals surface area contributed by atoms with E-state index in [0.29, 0.717) is 24.3 Å². The normalized spacial score (nSPS) is 14.5. The average Bonchev–Trinajstić information content (AvgIpc) is 3.29. The van der Waals surface area contributed by atoms with Gasteiger partial charge in [0.1, 0.15) is 18.1 Å². The molecule has 1 aromatic heterocycles. The lowest BCUT2D eigenvalue weighted by Crippen LogP contribution is -2.58. The van der Waals surface area contributed by atoms with Crippen LogP contribution in [-0.4, -0.2) is 82.0 Å². The van der Waals surface area contributed by atoms with Gasteiger partial charge >= 0.3 is 5.97 Å². The minimum atomic E-state index is -1.14. The molecule has 2 aromatic rings. The molecular weight excluding hydrogens is 526 g/mol.